The number of nitrogen functional groups attached to an aromatic ring is 1. The van der Waals surface area contributed by atoms with Crippen LogP contribution in [0.2, 0.25) is 0 Å². The zero-order valence-electron chi connectivity index (χ0n) is 24.2. The molecule has 1 aliphatic heterocycles. The largest absolute Gasteiger partial charge is 0.493 e. The molecule has 41 heavy (non-hydrogen) atoms. The van der Waals surface area contributed by atoms with Gasteiger partial charge < -0.3 is 25.0 Å². The quantitative estimate of drug-likeness (QED) is 0.281. The predicted octanol–water partition coefficient (Wildman–Crippen LogP) is 5.41. The van der Waals surface area contributed by atoms with Gasteiger partial charge in [0.2, 0.25) is 0 Å². The molecule has 0 radical (unpaired) electrons. The number of benzene rings is 2. The van der Waals surface area contributed by atoms with Crippen LogP contribution in [0.25, 0.3) is 10.9 Å². The molecule has 3 heterocycles. The molecule has 0 amide bonds. The molecular weight excluding hydrogens is 514 g/mol. The Bertz CT molecular complexity index is 1520. The fraction of sp³-hybridized carbons (Fsp3) is 0.424. The number of anilines is 1. The van der Waals surface area contributed by atoms with Crippen LogP contribution in [0, 0.1) is 0 Å². The van der Waals surface area contributed by atoms with Crippen LogP contribution in [-0.2, 0) is 15.6 Å². The van der Waals surface area contributed by atoms with E-state index in [9.17, 15) is 4.79 Å². The van der Waals surface area contributed by atoms with E-state index in [-0.39, 0.29) is 11.0 Å². The van der Waals surface area contributed by atoms with Gasteiger partial charge in [0, 0.05) is 28.8 Å². The van der Waals surface area contributed by atoms with Crippen LogP contribution in [0.3, 0.4) is 0 Å². The summed E-state index contributed by atoms with van der Waals surface area (Å²) in [5.41, 5.74) is 8.26. The van der Waals surface area contributed by atoms with Crippen LogP contribution >= 0.6 is 0 Å². The lowest BCUT2D eigenvalue weighted by molar-refractivity contribution is -0.120. The van der Waals surface area contributed by atoms with Gasteiger partial charge >= 0.3 is 0 Å². The second kappa shape index (κ2) is 10.5. The first kappa shape index (κ1) is 27.3. The molecule has 8 nitrogen and oxygen atoms in total. The maximum atomic E-state index is 12.4. The Morgan fingerprint density at radius 3 is 2.24 bits per heavy atom. The molecule has 2 aliphatic rings. The van der Waals surface area contributed by atoms with Gasteiger partial charge in [-0.15, -0.1) is 0 Å². The van der Waals surface area contributed by atoms with E-state index < -0.39 is 5.41 Å². The predicted molar refractivity (Wildman–Crippen MR) is 160 cm³/mol. The SMILES string of the molecule is COc1cc2nc(C(C)(c3ccc[nH]3)C3(c4ccccc4)CCN(C4(C=O)CCCC4)CC3)nc(N)c2cc1OC. The number of piperidine rings is 1. The first-order valence-electron chi connectivity index (χ1n) is 14.5. The maximum absolute atomic E-state index is 12.4. The number of likely N-dealkylation sites (tertiary alicyclic amines) is 1. The molecule has 2 aromatic heterocycles. The first-order valence-corrected chi connectivity index (χ1v) is 14.5. The Balaban J connectivity index is 1.54. The minimum Gasteiger partial charge on any atom is -0.493 e. The number of ether oxygens (including phenoxy) is 2. The number of hydrogen-bond donors (Lipinski definition) is 2. The number of aldehydes is 1. The summed E-state index contributed by atoms with van der Waals surface area (Å²) < 4.78 is 11.1. The molecule has 2 aromatic carbocycles. The van der Waals surface area contributed by atoms with Crippen LogP contribution in [0.15, 0.2) is 60.8 Å². The van der Waals surface area contributed by atoms with Crippen molar-refractivity contribution < 1.29 is 14.3 Å². The van der Waals surface area contributed by atoms with Gasteiger partial charge in [-0.3, -0.25) is 4.90 Å². The second-order valence-electron chi connectivity index (χ2n) is 11.7. The number of carbonyl (C=O) groups excluding carboxylic acids is 1. The van der Waals surface area contributed by atoms with Crippen LogP contribution in [-0.4, -0.2) is 59.0 Å². The summed E-state index contributed by atoms with van der Waals surface area (Å²) in [6.45, 7) is 3.88. The van der Waals surface area contributed by atoms with Gasteiger partial charge in [0.15, 0.2) is 11.5 Å². The molecule has 3 N–H and O–H groups in total. The van der Waals surface area contributed by atoms with E-state index >= 15 is 0 Å². The second-order valence-corrected chi connectivity index (χ2v) is 11.7. The molecule has 2 fully saturated rings. The molecule has 4 aromatic rings. The van der Waals surface area contributed by atoms with Gasteiger partial charge in [-0.1, -0.05) is 43.2 Å². The van der Waals surface area contributed by atoms with Crippen LogP contribution in [0.5, 0.6) is 11.5 Å². The van der Waals surface area contributed by atoms with E-state index in [2.05, 4.69) is 53.2 Å². The minimum absolute atomic E-state index is 0.342. The monoisotopic (exact) mass is 553 g/mol. The van der Waals surface area contributed by atoms with E-state index in [1.807, 2.05) is 24.4 Å². The Morgan fingerprint density at radius 1 is 0.951 bits per heavy atom. The van der Waals surface area contributed by atoms with Crippen LogP contribution < -0.4 is 15.2 Å². The van der Waals surface area contributed by atoms with Gasteiger partial charge in [0.05, 0.1) is 30.7 Å². The van der Waals surface area contributed by atoms with E-state index in [1.165, 1.54) is 11.8 Å². The Kier molecular flexibility index (Phi) is 6.98. The van der Waals surface area contributed by atoms with Crippen molar-refractivity contribution in [1.82, 2.24) is 19.9 Å². The number of fused-ring (bicyclic) bond motifs is 1. The summed E-state index contributed by atoms with van der Waals surface area (Å²) in [6, 6.07) is 18.6. The fourth-order valence-electron chi connectivity index (χ4n) is 7.60. The molecule has 1 saturated carbocycles. The van der Waals surface area contributed by atoms with Crippen molar-refractivity contribution in [2.75, 3.05) is 33.0 Å². The Labute approximate surface area is 241 Å². The number of nitrogens with zero attached hydrogens (tertiary/aromatic N) is 3. The fourth-order valence-corrected chi connectivity index (χ4v) is 7.60. The zero-order chi connectivity index (χ0) is 28.7. The summed E-state index contributed by atoms with van der Waals surface area (Å²) in [5, 5.41) is 0.720. The highest BCUT2D eigenvalue weighted by atomic mass is 16.5. The molecule has 0 spiro atoms. The normalized spacial score (nSPS) is 20.0. The summed E-state index contributed by atoms with van der Waals surface area (Å²) >= 11 is 0. The topological polar surface area (TPSA) is 106 Å². The summed E-state index contributed by atoms with van der Waals surface area (Å²) in [7, 11) is 3.22. The van der Waals surface area contributed by atoms with Crippen molar-refractivity contribution in [2.45, 2.75) is 61.8 Å². The number of nitrogens with one attached hydrogen (secondary N) is 1. The van der Waals surface area contributed by atoms with E-state index in [0.29, 0.717) is 28.7 Å². The molecular formula is C33H39N5O3. The number of aromatic nitrogens is 3. The van der Waals surface area contributed by atoms with Crippen molar-refractivity contribution in [3.63, 3.8) is 0 Å². The number of methoxy groups -OCH3 is 2. The number of aromatic amines is 1. The Hall–Kier alpha value is -3.91. The van der Waals surface area contributed by atoms with Crippen molar-refractivity contribution in [2.24, 2.45) is 0 Å². The summed E-state index contributed by atoms with van der Waals surface area (Å²) in [6.07, 6.45) is 8.96. The van der Waals surface area contributed by atoms with Crippen molar-refractivity contribution in [1.29, 1.82) is 0 Å². The molecule has 1 unspecified atom stereocenters. The number of H-pyrrole nitrogens is 1. The minimum atomic E-state index is -0.663. The van der Waals surface area contributed by atoms with Crippen molar-refractivity contribution in [3.05, 3.63) is 77.9 Å². The molecule has 8 heteroatoms. The number of hydrogen-bond acceptors (Lipinski definition) is 7. The Morgan fingerprint density at radius 2 is 1.63 bits per heavy atom. The van der Waals surface area contributed by atoms with Gasteiger partial charge in [-0.25, -0.2) is 9.97 Å². The number of nitrogens with two attached hydrogens (primary N) is 1. The average Bonchev–Trinajstić information content (AvgIpc) is 3.74. The molecule has 1 atom stereocenters. The lowest BCUT2D eigenvalue weighted by Crippen LogP contribution is -2.59. The summed E-state index contributed by atoms with van der Waals surface area (Å²) in [5.74, 6) is 2.22. The highest BCUT2D eigenvalue weighted by molar-refractivity contribution is 5.91. The van der Waals surface area contributed by atoms with Crippen LogP contribution in [0.4, 0.5) is 5.82 Å². The third kappa shape index (κ3) is 4.19. The highest BCUT2D eigenvalue weighted by Crippen LogP contribution is 2.54. The number of carbonyl (C=O) groups is 1. The highest BCUT2D eigenvalue weighted by Gasteiger charge is 2.56. The summed E-state index contributed by atoms with van der Waals surface area (Å²) in [4.78, 5) is 28.6. The molecule has 1 saturated heterocycles. The third-order valence-corrected chi connectivity index (χ3v) is 10.0. The van der Waals surface area contributed by atoms with Crippen molar-refractivity contribution >= 4 is 23.0 Å². The third-order valence-electron chi connectivity index (χ3n) is 10.0. The van der Waals surface area contributed by atoms with Gasteiger partial charge in [-0.05, 0) is 69.5 Å². The van der Waals surface area contributed by atoms with E-state index in [4.69, 9.17) is 25.2 Å². The van der Waals surface area contributed by atoms with Crippen LogP contribution in [0.1, 0.15) is 62.5 Å². The van der Waals surface area contributed by atoms with Gasteiger partial charge in [0.25, 0.3) is 0 Å². The average molecular weight is 554 g/mol. The molecule has 6 rings (SSSR count). The standard InChI is InChI=1S/C33H39N5O3/c1-31(28-12-9-17-35-28,30-36-25-21-27(41-3)26(40-2)20-24(25)29(34)37-30)33(23-10-5-4-6-11-23)15-18-38(19-16-33)32(22-39)13-7-8-14-32/h4-6,9-12,17,20-22,35H,7-8,13-16,18-19H2,1-3H3,(H2,34,36,37). The zero-order valence-corrected chi connectivity index (χ0v) is 24.2. The maximum Gasteiger partial charge on any atom is 0.162 e. The van der Waals surface area contributed by atoms with E-state index in [1.54, 1.807) is 14.2 Å². The van der Waals surface area contributed by atoms with E-state index in [0.717, 1.165) is 62.7 Å². The van der Waals surface area contributed by atoms with Crippen molar-refractivity contribution in [3.8, 4) is 11.5 Å². The first-order chi connectivity index (χ1) is 19.9. The number of rotatable bonds is 8. The van der Waals surface area contributed by atoms with Gasteiger partial charge in [-0.2, -0.15) is 0 Å². The molecule has 0 bridgehead atoms. The smallest absolute Gasteiger partial charge is 0.162 e. The molecule has 1 aliphatic carbocycles. The lowest BCUT2D eigenvalue weighted by atomic mass is 9.54. The molecule has 214 valence electrons. The lowest BCUT2D eigenvalue weighted by Gasteiger charge is -2.54. The van der Waals surface area contributed by atoms with Gasteiger partial charge in [0.1, 0.15) is 17.9 Å².